The number of benzene rings is 2. The lowest BCUT2D eigenvalue weighted by molar-refractivity contribution is -0.119. The van der Waals surface area contributed by atoms with E-state index in [1.54, 1.807) is 6.92 Å². The number of halogens is 3. The smallest absolute Gasteiger partial charge is 0.260 e. The van der Waals surface area contributed by atoms with Gasteiger partial charge >= 0.3 is 0 Å². The number of nitrogens with zero attached hydrogens (tertiary/aromatic N) is 2. The lowest BCUT2D eigenvalue weighted by Gasteiger charge is -2.21. The van der Waals surface area contributed by atoms with E-state index in [1.165, 1.54) is 18.2 Å². The summed E-state index contributed by atoms with van der Waals surface area (Å²) in [6, 6.07) is 11.7. The van der Waals surface area contributed by atoms with Crippen LogP contribution in [-0.2, 0) is 14.8 Å². The molecule has 0 aromatic heterocycles. The number of nitrogens with one attached hydrogen (secondary N) is 1. The van der Waals surface area contributed by atoms with Crippen LogP contribution in [0.3, 0.4) is 0 Å². The number of hydrogen-bond acceptors (Lipinski definition) is 4. The van der Waals surface area contributed by atoms with Crippen molar-refractivity contribution in [1.29, 1.82) is 0 Å². The fourth-order valence-corrected chi connectivity index (χ4v) is 3.67. The summed E-state index contributed by atoms with van der Waals surface area (Å²) in [4.78, 5) is 12.2. The zero-order valence-electron chi connectivity index (χ0n) is 14.4. The molecule has 1 N–H and O–H groups in total. The van der Waals surface area contributed by atoms with Crippen LogP contribution in [0.1, 0.15) is 12.5 Å². The largest absolute Gasteiger partial charge is 0.271 e. The first kappa shape index (κ1) is 21.7. The molecule has 0 aliphatic rings. The minimum Gasteiger partial charge on any atom is -0.271 e. The predicted molar refractivity (Wildman–Crippen MR) is 113 cm³/mol. The van der Waals surface area contributed by atoms with Crippen LogP contribution in [-0.4, -0.2) is 32.8 Å². The summed E-state index contributed by atoms with van der Waals surface area (Å²) in [5, 5.41) is 4.50. The molecule has 2 aromatic rings. The van der Waals surface area contributed by atoms with Crippen molar-refractivity contribution in [3.63, 3.8) is 0 Å². The van der Waals surface area contributed by atoms with E-state index in [9.17, 15) is 13.2 Å². The fourth-order valence-electron chi connectivity index (χ4n) is 2.13. The van der Waals surface area contributed by atoms with Crippen LogP contribution in [0.15, 0.2) is 52.0 Å². The predicted octanol–water partition coefficient (Wildman–Crippen LogP) is 4.06. The molecule has 10 heteroatoms. The molecule has 0 saturated carbocycles. The fraction of sp³-hybridized carbons (Fsp3) is 0.176. The second kappa shape index (κ2) is 9.05. The van der Waals surface area contributed by atoms with Crippen molar-refractivity contribution < 1.29 is 13.2 Å². The second-order valence-electron chi connectivity index (χ2n) is 5.61. The molecule has 144 valence electrons. The highest BCUT2D eigenvalue weighted by molar-refractivity contribution is 9.10. The van der Waals surface area contributed by atoms with Crippen LogP contribution >= 0.6 is 39.1 Å². The van der Waals surface area contributed by atoms with E-state index in [1.807, 2.05) is 24.3 Å². The molecule has 0 aliphatic heterocycles. The summed E-state index contributed by atoms with van der Waals surface area (Å²) in [6.45, 7) is 1.28. The molecular formula is C17H16BrCl2N3O3S. The molecular weight excluding hydrogens is 477 g/mol. The standard InChI is InChI=1S/C17H16BrCl2N3O3S/c1-11(12-4-3-5-13(18)8-12)21-22-17(24)10-23(27(2,25)26)14-6-7-15(19)16(20)9-14/h3-9H,10H2,1-2H3,(H,22,24)/b21-11-. The molecule has 0 radical (unpaired) electrons. The van der Waals surface area contributed by atoms with Crippen LogP contribution in [0, 0.1) is 0 Å². The van der Waals surface area contributed by atoms with Crippen molar-refractivity contribution in [2.75, 3.05) is 17.1 Å². The van der Waals surface area contributed by atoms with Gasteiger partial charge in [-0.3, -0.25) is 9.10 Å². The topological polar surface area (TPSA) is 78.8 Å². The van der Waals surface area contributed by atoms with Gasteiger partial charge in [0.2, 0.25) is 10.0 Å². The molecule has 0 bridgehead atoms. The van der Waals surface area contributed by atoms with Gasteiger partial charge in [0.1, 0.15) is 6.54 Å². The average Bonchev–Trinajstić information content (AvgIpc) is 2.59. The van der Waals surface area contributed by atoms with Gasteiger partial charge in [0.15, 0.2) is 0 Å². The van der Waals surface area contributed by atoms with Crippen molar-refractivity contribution in [2.45, 2.75) is 6.92 Å². The van der Waals surface area contributed by atoms with E-state index in [4.69, 9.17) is 23.2 Å². The molecule has 0 saturated heterocycles. The van der Waals surface area contributed by atoms with Crippen molar-refractivity contribution in [3.8, 4) is 0 Å². The lowest BCUT2D eigenvalue weighted by atomic mass is 10.1. The SMILES string of the molecule is C/C(=N/NC(=O)CN(c1ccc(Cl)c(Cl)c1)S(C)(=O)=O)c1cccc(Br)c1. The first-order valence-corrected chi connectivity index (χ1v) is 11.0. The Hall–Kier alpha value is -1.61. The van der Waals surface area contributed by atoms with E-state index < -0.39 is 22.5 Å². The van der Waals surface area contributed by atoms with Gasteiger partial charge in [-0.05, 0) is 42.8 Å². The Morgan fingerprint density at radius 1 is 1.19 bits per heavy atom. The summed E-state index contributed by atoms with van der Waals surface area (Å²) >= 11 is 15.2. The van der Waals surface area contributed by atoms with E-state index in [2.05, 4.69) is 26.5 Å². The normalized spacial score (nSPS) is 12.0. The third kappa shape index (κ3) is 6.21. The van der Waals surface area contributed by atoms with Gasteiger partial charge in [-0.25, -0.2) is 13.8 Å². The third-order valence-electron chi connectivity index (χ3n) is 3.47. The van der Waals surface area contributed by atoms with Crippen LogP contribution in [0.4, 0.5) is 5.69 Å². The molecule has 0 spiro atoms. The Bertz CT molecular complexity index is 997. The van der Waals surface area contributed by atoms with E-state index >= 15 is 0 Å². The summed E-state index contributed by atoms with van der Waals surface area (Å²) in [5.74, 6) is -0.596. The van der Waals surface area contributed by atoms with Gasteiger partial charge in [-0.1, -0.05) is 51.3 Å². The van der Waals surface area contributed by atoms with Crippen molar-refractivity contribution >= 4 is 66.5 Å². The molecule has 0 fully saturated rings. The maximum atomic E-state index is 12.2. The molecule has 2 aromatic carbocycles. The van der Waals surface area contributed by atoms with Gasteiger partial charge < -0.3 is 0 Å². The molecule has 0 aliphatic carbocycles. The molecule has 0 unspecified atom stereocenters. The van der Waals surface area contributed by atoms with Crippen LogP contribution in [0.2, 0.25) is 10.0 Å². The summed E-state index contributed by atoms with van der Waals surface area (Å²) in [7, 11) is -3.72. The highest BCUT2D eigenvalue weighted by Gasteiger charge is 2.21. The number of hydrazone groups is 1. The van der Waals surface area contributed by atoms with Crippen molar-refractivity contribution in [2.24, 2.45) is 5.10 Å². The molecule has 1 amide bonds. The Kier molecular flexibility index (Phi) is 7.27. The van der Waals surface area contributed by atoms with E-state index in [0.717, 1.165) is 20.6 Å². The first-order chi connectivity index (χ1) is 12.6. The number of hydrogen-bond donors (Lipinski definition) is 1. The molecule has 27 heavy (non-hydrogen) atoms. The van der Waals surface area contributed by atoms with Crippen LogP contribution in [0.25, 0.3) is 0 Å². The van der Waals surface area contributed by atoms with Crippen LogP contribution in [0.5, 0.6) is 0 Å². The first-order valence-electron chi connectivity index (χ1n) is 7.60. The molecule has 0 heterocycles. The quantitative estimate of drug-likeness (QED) is 0.487. The Labute approximate surface area is 176 Å². The maximum Gasteiger partial charge on any atom is 0.260 e. The van der Waals surface area contributed by atoms with E-state index in [-0.39, 0.29) is 15.7 Å². The van der Waals surface area contributed by atoms with Crippen LogP contribution < -0.4 is 9.73 Å². The van der Waals surface area contributed by atoms with Crippen molar-refractivity contribution in [1.82, 2.24) is 5.43 Å². The van der Waals surface area contributed by atoms with Crippen molar-refractivity contribution in [3.05, 3.63) is 62.5 Å². The zero-order valence-corrected chi connectivity index (χ0v) is 18.3. The summed E-state index contributed by atoms with van der Waals surface area (Å²) < 4.78 is 26.0. The van der Waals surface area contributed by atoms with Gasteiger partial charge in [-0.15, -0.1) is 0 Å². The molecule has 2 rings (SSSR count). The summed E-state index contributed by atoms with van der Waals surface area (Å²) in [5.41, 5.74) is 3.99. The average molecular weight is 493 g/mol. The number of rotatable bonds is 6. The number of anilines is 1. The zero-order chi connectivity index (χ0) is 20.2. The molecule has 6 nitrogen and oxygen atoms in total. The van der Waals surface area contributed by atoms with Gasteiger partial charge in [-0.2, -0.15) is 5.10 Å². The summed E-state index contributed by atoms with van der Waals surface area (Å²) in [6.07, 6.45) is 0.999. The minimum atomic E-state index is -3.72. The Morgan fingerprint density at radius 3 is 2.48 bits per heavy atom. The monoisotopic (exact) mass is 491 g/mol. The number of amides is 1. The second-order valence-corrected chi connectivity index (χ2v) is 9.25. The molecule has 0 atom stereocenters. The maximum absolute atomic E-state index is 12.2. The van der Waals surface area contributed by atoms with Gasteiger partial charge in [0.25, 0.3) is 5.91 Å². The Balaban J connectivity index is 2.17. The Morgan fingerprint density at radius 2 is 1.89 bits per heavy atom. The lowest BCUT2D eigenvalue weighted by Crippen LogP contribution is -2.39. The third-order valence-corrected chi connectivity index (χ3v) is 5.84. The number of sulfonamides is 1. The van der Waals surface area contributed by atoms with E-state index in [0.29, 0.717) is 5.71 Å². The van der Waals surface area contributed by atoms with Gasteiger partial charge in [0, 0.05) is 4.47 Å². The number of carbonyl (C=O) groups is 1. The highest BCUT2D eigenvalue weighted by Crippen LogP contribution is 2.28. The number of carbonyl (C=O) groups excluding carboxylic acids is 1. The highest BCUT2D eigenvalue weighted by atomic mass is 79.9. The minimum absolute atomic E-state index is 0.187. The van der Waals surface area contributed by atoms with Gasteiger partial charge in [0.05, 0.1) is 27.7 Å².